The summed E-state index contributed by atoms with van der Waals surface area (Å²) in [5.74, 6) is 0. The lowest BCUT2D eigenvalue weighted by molar-refractivity contribution is 0.256. The molecule has 3 aromatic rings. The van der Waals surface area contributed by atoms with Gasteiger partial charge in [0.25, 0.3) is 0 Å². The van der Waals surface area contributed by atoms with Crippen molar-refractivity contribution in [3.05, 3.63) is 54.7 Å². The number of carbonyl (C=O) groups excluding carboxylic acids is 1. The van der Waals surface area contributed by atoms with Gasteiger partial charge in [-0.2, -0.15) is 0 Å². The van der Waals surface area contributed by atoms with Crippen LogP contribution in [-0.2, 0) is 0 Å². The third kappa shape index (κ3) is 1.92. The van der Waals surface area contributed by atoms with Gasteiger partial charge in [-0.3, -0.25) is 14.8 Å². The Morgan fingerprint density at radius 1 is 1.09 bits per heavy atom. The van der Waals surface area contributed by atoms with Crippen molar-refractivity contribution in [3.63, 3.8) is 0 Å². The second-order valence-corrected chi connectivity index (χ2v) is 5.33. The number of fused-ring (bicyclic) bond motifs is 1. The van der Waals surface area contributed by atoms with Crippen LogP contribution in [0.2, 0.25) is 0 Å². The summed E-state index contributed by atoms with van der Waals surface area (Å²) in [5, 5.41) is 0. The molecule has 0 N–H and O–H groups in total. The second-order valence-electron chi connectivity index (χ2n) is 5.33. The summed E-state index contributed by atoms with van der Waals surface area (Å²) >= 11 is 0. The summed E-state index contributed by atoms with van der Waals surface area (Å²) in [4.78, 5) is 24.7. The minimum atomic E-state index is -0.0213. The molecule has 0 atom stereocenters. The highest BCUT2D eigenvalue weighted by atomic mass is 16.2. The lowest BCUT2D eigenvalue weighted by atomic mass is 10.2. The Bertz CT molecular complexity index is 856. The Balaban J connectivity index is 1.67. The fourth-order valence-corrected chi connectivity index (χ4v) is 2.81. The molecule has 0 saturated carbocycles. The standard InChI is InChI=1S/C16H15N5O/c1-12-2-4-17-11-14(12)21-9-8-20(16(21)22)13-3-6-19-7-5-18-15(19)10-13/h2-7,10-11H,8-9H2,1H3. The van der Waals surface area contributed by atoms with E-state index in [2.05, 4.69) is 9.97 Å². The van der Waals surface area contributed by atoms with Crippen molar-refractivity contribution in [3.8, 4) is 0 Å². The number of hydrogen-bond acceptors (Lipinski definition) is 3. The highest BCUT2D eigenvalue weighted by Crippen LogP contribution is 2.27. The van der Waals surface area contributed by atoms with E-state index in [4.69, 9.17) is 0 Å². The lowest BCUT2D eigenvalue weighted by Gasteiger charge is -2.19. The van der Waals surface area contributed by atoms with E-state index in [1.807, 2.05) is 41.9 Å². The zero-order valence-corrected chi connectivity index (χ0v) is 12.2. The third-order valence-electron chi connectivity index (χ3n) is 4.00. The zero-order chi connectivity index (χ0) is 15.1. The molecule has 0 unspecified atom stereocenters. The Morgan fingerprint density at radius 2 is 1.95 bits per heavy atom. The van der Waals surface area contributed by atoms with Crippen molar-refractivity contribution in [2.24, 2.45) is 0 Å². The summed E-state index contributed by atoms with van der Waals surface area (Å²) in [6.45, 7) is 3.30. The molecule has 0 aliphatic carbocycles. The molecule has 110 valence electrons. The molecule has 1 aliphatic rings. The number of anilines is 2. The minimum Gasteiger partial charge on any atom is -0.307 e. The van der Waals surface area contributed by atoms with Gasteiger partial charge < -0.3 is 4.40 Å². The molecule has 0 radical (unpaired) electrons. The number of rotatable bonds is 2. The first-order valence-corrected chi connectivity index (χ1v) is 7.16. The molecule has 0 bridgehead atoms. The van der Waals surface area contributed by atoms with Crippen molar-refractivity contribution < 1.29 is 4.79 Å². The first kappa shape index (κ1) is 12.8. The van der Waals surface area contributed by atoms with Crippen molar-refractivity contribution >= 4 is 23.1 Å². The Hall–Kier alpha value is -2.89. The van der Waals surface area contributed by atoms with Gasteiger partial charge in [0, 0.05) is 43.9 Å². The van der Waals surface area contributed by atoms with Crippen LogP contribution < -0.4 is 9.80 Å². The number of amides is 2. The average Bonchev–Trinajstić information content (AvgIpc) is 3.13. The zero-order valence-electron chi connectivity index (χ0n) is 12.2. The summed E-state index contributed by atoms with van der Waals surface area (Å²) in [5.41, 5.74) is 3.62. The van der Waals surface area contributed by atoms with Crippen LogP contribution >= 0.6 is 0 Å². The van der Waals surface area contributed by atoms with Crippen LogP contribution in [0.3, 0.4) is 0 Å². The maximum absolute atomic E-state index is 12.7. The van der Waals surface area contributed by atoms with Crippen LogP contribution in [0, 0.1) is 6.92 Å². The molecule has 1 fully saturated rings. The highest BCUT2D eigenvalue weighted by molar-refractivity contribution is 6.06. The topological polar surface area (TPSA) is 53.7 Å². The van der Waals surface area contributed by atoms with Gasteiger partial charge in [-0.25, -0.2) is 9.78 Å². The van der Waals surface area contributed by atoms with E-state index < -0.39 is 0 Å². The van der Waals surface area contributed by atoms with Gasteiger partial charge in [0.2, 0.25) is 0 Å². The van der Waals surface area contributed by atoms with E-state index in [0.29, 0.717) is 13.1 Å². The van der Waals surface area contributed by atoms with Crippen LogP contribution in [0.15, 0.2) is 49.2 Å². The van der Waals surface area contributed by atoms with Gasteiger partial charge in [-0.1, -0.05) is 0 Å². The number of pyridine rings is 2. The van der Waals surface area contributed by atoms with E-state index in [9.17, 15) is 4.79 Å². The molecule has 3 aromatic heterocycles. The molecule has 6 heteroatoms. The lowest BCUT2D eigenvalue weighted by Crippen LogP contribution is -2.32. The second kappa shape index (κ2) is 4.84. The number of hydrogen-bond donors (Lipinski definition) is 0. The van der Waals surface area contributed by atoms with Gasteiger partial charge in [0.05, 0.1) is 17.6 Å². The fourth-order valence-electron chi connectivity index (χ4n) is 2.81. The first-order chi connectivity index (χ1) is 10.7. The van der Waals surface area contributed by atoms with E-state index in [1.165, 1.54) is 0 Å². The third-order valence-corrected chi connectivity index (χ3v) is 4.00. The molecule has 0 spiro atoms. The summed E-state index contributed by atoms with van der Waals surface area (Å²) < 4.78 is 1.92. The average molecular weight is 293 g/mol. The van der Waals surface area contributed by atoms with E-state index in [1.54, 1.807) is 28.4 Å². The van der Waals surface area contributed by atoms with Crippen LogP contribution in [0.1, 0.15) is 5.56 Å². The summed E-state index contributed by atoms with van der Waals surface area (Å²) in [6, 6.07) is 5.76. The number of nitrogens with zero attached hydrogens (tertiary/aromatic N) is 5. The SMILES string of the molecule is Cc1ccncc1N1CCN(c2ccn3ccnc3c2)C1=O. The van der Waals surface area contributed by atoms with Gasteiger partial charge in [-0.05, 0) is 24.6 Å². The number of carbonyl (C=O) groups is 1. The molecular formula is C16H15N5O. The Labute approximate surface area is 127 Å². The summed E-state index contributed by atoms with van der Waals surface area (Å²) in [7, 11) is 0. The number of imidazole rings is 1. The molecule has 2 amide bonds. The van der Waals surface area contributed by atoms with Gasteiger partial charge in [-0.15, -0.1) is 0 Å². The largest absolute Gasteiger partial charge is 0.329 e. The number of aryl methyl sites for hydroxylation is 1. The van der Waals surface area contributed by atoms with E-state index >= 15 is 0 Å². The van der Waals surface area contributed by atoms with Crippen molar-refractivity contribution in [2.75, 3.05) is 22.9 Å². The van der Waals surface area contributed by atoms with Crippen molar-refractivity contribution in [1.29, 1.82) is 0 Å². The van der Waals surface area contributed by atoms with Gasteiger partial charge in [0.1, 0.15) is 5.65 Å². The molecule has 1 saturated heterocycles. The first-order valence-electron chi connectivity index (χ1n) is 7.16. The van der Waals surface area contributed by atoms with Gasteiger partial charge in [0.15, 0.2) is 0 Å². The molecular weight excluding hydrogens is 278 g/mol. The van der Waals surface area contributed by atoms with Crippen LogP contribution in [0.4, 0.5) is 16.2 Å². The molecule has 1 aliphatic heterocycles. The summed E-state index contributed by atoms with van der Waals surface area (Å²) in [6.07, 6.45) is 9.03. The highest BCUT2D eigenvalue weighted by Gasteiger charge is 2.31. The fraction of sp³-hybridized carbons (Fsp3) is 0.188. The van der Waals surface area contributed by atoms with Crippen molar-refractivity contribution in [1.82, 2.24) is 14.4 Å². The molecule has 4 rings (SSSR count). The smallest absolute Gasteiger partial charge is 0.307 e. The quantitative estimate of drug-likeness (QED) is 0.729. The Morgan fingerprint density at radius 3 is 2.82 bits per heavy atom. The van der Waals surface area contributed by atoms with Crippen LogP contribution in [-0.4, -0.2) is 33.5 Å². The van der Waals surface area contributed by atoms with Crippen LogP contribution in [0.25, 0.3) is 5.65 Å². The van der Waals surface area contributed by atoms with E-state index in [-0.39, 0.29) is 6.03 Å². The normalized spacial score (nSPS) is 15.0. The molecule has 0 aromatic carbocycles. The maximum atomic E-state index is 12.7. The van der Waals surface area contributed by atoms with Crippen molar-refractivity contribution in [2.45, 2.75) is 6.92 Å². The number of aromatic nitrogens is 3. The predicted molar refractivity (Wildman–Crippen MR) is 84.3 cm³/mol. The number of urea groups is 1. The minimum absolute atomic E-state index is 0.0213. The maximum Gasteiger partial charge on any atom is 0.329 e. The molecule has 6 nitrogen and oxygen atoms in total. The molecule has 4 heterocycles. The van der Waals surface area contributed by atoms with Gasteiger partial charge >= 0.3 is 6.03 Å². The van der Waals surface area contributed by atoms with Crippen LogP contribution in [0.5, 0.6) is 0 Å². The monoisotopic (exact) mass is 293 g/mol. The Kier molecular flexibility index (Phi) is 2.82. The van der Waals surface area contributed by atoms with E-state index in [0.717, 1.165) is 22.6 Å². The predicted octanol–water partition coefficient (Wildman–Crippen LogP) is 2.48. The molecule has 22 heavy (non-hydrogen) atoms.